The summed E-state index contributed by atoms with van der Waals surface area (Å²) >= 11 is 0. The molecule has 2 aromatic heterocycles. The first-order valence-electron chi connectivity index (χ1n) is 10.7. The van der Waals surface area contributed by atoms with Gasteiger partial charge in [-0.05, 0) is 64.2 Å². The Morgan fingerprint density at radius 1 is 0.828 bits per heavy atom. The van der Waals surface area contributed by atoms with Crippen molar-refractivity contribution in [1.29, 1.82) is 0 Å². The zero-order valence-electron chi connectivity index (χ0n) is 17.8. The molecule has 4 aromatic rings. The molecule has 0 bridgehead atoms. The maximum atomic E-state index is 4.97. The molecular weight excluding hydrogens is 356 g/mol. The summed E-state index contributed by atoms with van der Waals surface area (Å²) in [6.07, 6.45) is 3.78. The van der Waals surface area contributed by atoms with E-state index in [1.807, 2.05) is 6.92 Å². The summed E-state index contributed by atoms with van der Waals surface area (Å²) in [5, 5.41) is 2.43. The average Bonchev–Trinajstić information content (AvgIpc) is 3.01. The number of rotatable bonds is 2. The Kier molecular flexibility index (Phi) is 4.30. The summed E-state index contributed by atoms with van der Waals surface area (Å²) < 4.78 is 2.36. The van der Waals surface area contributed by atoms with E-state index in [2.05, 4.69) is 66.6 Å². The lowest BCUT2D eigenvalue weighted by molar-refractivity contribution is 0.574. The highest BCUT2D eigenvalue weighted by Crippen LogP contribution is 2.38. The van der Waals surface area contributed by atoms with E-state index >= 15 is 0 Å². The van der Waals surface area contributed by atoms with E-state index in [1.165, 1.54) is 57.9 Å². The average molecular weight is 385 g/mol. The molecule has 0 unspecified atom stereocenters. The van der Waals surface area contributed by atoms with Gasteiger partial charge in [-0.3, -0.25) is 4.57 Å². The van der Waals surface area contributed by atoms with Crippen LogP contribution in [0.2, 0.25) is 0 Å². The number of piperidine rings is 1. The van der Waals surface area contributed by atoms with E-state index in [0.717, 1.165) is 30.4 Å². The molecule has 29 heavy (non-hydrogen) atoms. The van der Waals surface area contributed by atoms with Crippen molar-refractivity contribution in [3.63, 3.8) is 0 Å². The number of benzene rings is 2. The van der Waals surface area contributed by atoms with Crippen LogP contribution in [-0.2, 0) is 0 Å². The van der Waals surface area contributed by atoms with Gasteiger partial charge in [0.2, 0.25) is 0 Å². The number of para-hydroxylation sites is 1. The fourth-order valence-electron chi connectivity index (χ4n) is 5.03. The van der Waals surface area contributed by atoms with Gasteiger partial charge in [-0.1, -0.05) is 35.9 Å². The van der Waals surface area contributed by atoms with Crippen LogP contribution in [0.1, 0.15) is 41.8 Å². The normalized spacial score (nSPS) is 14.8. The van der Waals surface area contributed by atoms with Crippen LogP contribution in [0.3, 0.4) is 0 Å². The van der Waals surface area contributed by atoms with Gasteiger partial charge < -0.3 is 4.90 Å². The standard InChI is InChI=1S/C25H28N4/c1-16-14-17(2)23(18(3)15-16)29-21-11-7-6-10-20(21)22-24(26-19(4)27-25(22)29)28-12-8-5-9-13-28/h6-7,10-11,14-15H,5,8-9,12-13H2,1-4H3. The lowest BCUT2D eigenvalue weighted by atomic mass is 10.0. The summed E-state index contributed by atoms with van der Waals surface area (Å²) in [6.45, 7) is 10.7. The molecule has 0 saturated carbocycles. The van der Waals surface area contributed by atoms with Gasteiger partial charge in [0.25, 0.3) is 0 Å². The number of aromatic nitrogens is 3. The second-order valence-corrected chi connectivity index (χ2v) is 8.44. The molecule has 0 radical (unpaired) electrons. The Morgan fingerprint density at radius 3 is 2.24 bits per heavy atom. The molecule has 148 valence electrons. The van der Waals surface area contributed by atoms with Gasteiger partial charge in [0.15, 0.2) is 5.65 Å². The largest absolute Gasteiger partial charge is 0.356 e. The molecule has 4 nitrogen and oxygen atoms in total. The maximum Gasteiger partial charge on any atom is 0.151 e. The lowest BCUT2D eigenvalue weighted by Gasteiger charge is -2.28. The van der Waals surface area contributed by atoms with Gasteiger partial charge >= 0.3 is 0 Å². The molecule has 0 amide bonds. The molecule has 1 fully saturated rings. The Bertz CT molecular complexity index is 1210. The Balaban J connectivity index is 1.91. The minimum absolute atomic E-state index is 0.838. The van der Waals surface area contributed by atoms with Crippen molar-refractivity contribution in [3.8, 4) is 5.69 Å². The van der Waals surface area contributed by atoms with Crippen LogP contribution in [-0.4, -0.2) is 27.6 Å². The van der Waals surface area contributed by atoms with Crippen molar-refractivity contribution < 1.29 is 0 Å². The Hall–Kier alpha value is -2.88. The third-order valence-corrected chi connectivity index (χ3v) is 6.12. The zero-order valence-corrected chi connectivity index (χ0v) is 17.8. The second-order valence-electron chi connectivity index (χ2n) is 8.44. The molecular formula is C25H28N4. The van der Waals surface area contributed by atoms with E-state index in [9.17, 15) is 0 Å². The topological polar surface area (TPSA) is 34.0 Å². The number of nitrogens with zero attached hydrogens (tertiary/aromatic N) is 4. The number of hydrogen-bond donors (Lipinski definition) is 0. The van der Waals surface area contributed by atoms with Crippen LogP contribution in [0.4, 0.5) is 5.82 Å². The summed E-state index contributed by atoms with van der Waals surface area (Å²) in [6, 6.07) is 13.2. The first kappa shape index (κ1) is 18.2. The van der Waals surface area contributed by atoms with Crippen LogP contribution < -0.4 is 4.90 Å². The van der Waals surface area contributed by atoms with Crippen LogP contribution in [0.15, 0.2) is 36.4 Å². The SMILES string of the molecule is Cc1cc(C)c(-n2c3ccccc3c3c(N4CCCCC4)nc(C)nc32)c(C)c1. The molecule has 0 spiro atoms. The third kappa shape index (κ3) is 2.89. The highest BCUT2D eigenvalue weighted by molar-refractivity contribution is 6.13. The van der Waals surface area contributed by atoms with Crippen LogP contribution in [0.5, 0.6) is 0 Å². The van der Waals surface area contributed by atoms with Crippen molar-refractivity contribution in [1.82, 2.24) is 14.5 Å². The first-order chi connectivity index (χ1) is 14.0. The van der Waals surface area contributed by atoms with E-state index < -0.39 is 0 Å². The predicted molar refractivity (Wildman–Crippen MR) is 121 cm³/mol. The minimum atomic E-state index is 0.838. The van der Waals surface area contributed by atoms with Crippen molar-refractivity contribution in [3.05, 3.63) is 58.9 Å². The summed E-state index contributed by atoms with van der Waals surface area (Å²) in [4.78, 5) is 12.4. The zero-order chi connectivity index (χ0) is 20.1. The van der Waals surface area contributed by atoms with Gasteiger partial charge in [0.05, 0.1) is 16.6 Å². The van der Waals surface area contributed by atoms with Crippen LogP contribution in [0, 0.1) is 27.7 Å². The molecule has 0 N–H and O–H groups in total. The van der Waals surface area contributed by atoms with Gasteiger partial charge in [0.1, 0.15) is 11.6 Å². The van der Waals surface area contributed by atoms with Gasteiger partial charge in [-0.2, -0.15) is 0 Å². The third-order valence-electron chi connectivity index (χ3n) is 6.12. The molecule has 0 atom stereocenters. The summed E-state index contributed by atoms with van der Waals surface area (Å²) in [5.41, 5.74) is 7.32. The molecule has 1 aliphatic heterocycles. The second kappa shape index (κ2) is 6.87. The van der Waals surface area contributed by atoms with Gasteiger partial charge in [-0.25, -0.2) is 9.97 Å². The van der Waals surface area contributed by atoms with Gasteiger partial charge in [-0.15, -0.1) is 0 Å². The van der Waals surface area contributed by atoms with E-state index in [0.29, 0.717) is 0 Å². The van der Waals surface area contributed by atoms with E-state index in [-0.39, 0.29) is 0 Å². The number of anilines is 1. The molecule has 5 rings (SSSR count). The molecule has 4 heteroatoms. The highest BCUT2D eigenvalue weighted by atomic mass is 15.2. The van der Waals surface area contributed by atoms with E-state index in [1.54, 1.807) is 0 Å². The van der Waals surface area contributed by atoms with Gasteiger partial charge in [0, 0.05) is 18.5 Å². The fraction of sp³-hybridized carbons (Fsp3) is 0.360. The lowest BCUT2D eigenvalue weighted by Crippen LogP contribution is -2.30. The molecule has 2 aromatic carbocycles. The van der Waals surface area contributed by atoms with Crippen LogP contribution >= 0.6 is 0 Å². The Morgan fingerprint density at radius 2 is 1.52 bits per heavy atom. The van der Waals surface area contributed by atoms with E-state index in [4.69, 9.17) is 9.97 Å². The van der Waals surface area contributed by atoms with Crippen molar-refractivity contribution >= 4 is 27.8 Å². The monoisotopic (exact) mass is 384 g/mol. The Labute approximate surface area is 172 Å². The quantitative estimate of drug-likeness (QED) is 0.438. The summed E-state index contributed by atoms with van der Waals surface area (Å²) in [7, 11) is 0. The minimum Gasteiger partial charge on any atom is -0.356 e. The van der Waals surface area contributed by atoms with Crippen LogP contribution in [0.25, 0.3) is 27.6 Å². The molecule has 0 aliphatic carbocycles. The van der Waals surface area contributed by atoms with Crippen molar-refractivity contribution in [2.24, 2.45) is 0 Å². The predicted octanol–water partition coefficient (Wildman–Crippen LogP) is 5.80. The highest BCUT2D eigenvalue weighted by Gasteiger charge is 2.23. The first-order valence-corrected chi connectivity index (χ1v) is 10.7. The number of aryl methyl sites for hydroxylation is 4. The summed E-state index contributed by atoms with van der Waals surface area (Å²) in [5.74, 6) is 1.94. The van der Waals surface area contributed by atoms with Crippen molar-refractivity contribution in [2.45, 2.75) is 47.0 Å². The molecule has 3 heterocycles. The number of fused-ring (bicyclic) bond motifs is 3. The maximum absolute atomic E-state index is 4.97. The molecule has 1 aliphatic rings. The van der Waals surface area contributed by atoms with Crippen molar-refractivity contribution in [2.75, 3.05) is 18.0 Å². The fourth-order valence-corrected chi connectivity index (χ4v) is 5.03. The number of hydrogen-bond acceptors (Lipinski definition) is 3. The molecule has 1 saturated heterocycles. The smallest absolute Gasteiger partial charge is 0.151 e.